The molecular formula is C12H17NO4S2. The van der Waals surface area contributed by atoms with Crippen LogP contribution < -0.4 is 0 Å². The maximum atomic E-state index is 10.4. The van der Waals surface area contributed by atoms with Gasteiger partial charge >= 0.3 is 10.4 Å². The average Bonchev–Trinajstić information content (AvgIpc) is 2.69. The van der Waals surface area contributed by atoms with E-state index in [1.807, 2.05) is 25.1 Å². The predicted octanol–water partition coefficient (Wildman–Crippen LogP) is 2.91. The number of aryl methyl sites for hydroxylation is 1. The zero-order chi connectivity index (χ0) is 14.3. The number of nitrogens with zero attached hydrogens (tertiary/aromatic N) is 1. The largest absolute Gasteiger partial charge is 0.399 e. The molecule has 0 aliphatic heterocycles. The summed E-state index contributed by atoms with van der Waals surface area (Å²) in [5.74, 6) is 0. The summed E-state index contributed by atoms with van der Waals surface area (Å²) >= 11 is 1.74. The Morgan fingerprint density at radius 2 is 1.74 bits per heavy atom. The van der Waals surface area contributed by atoms with Crippen LogP contribution in [0.25, 0.3) is 10.2 Å². The van der Waals surface area contributed by atoms with Gasteiger partial charge in [0.05, 0.1) is 28.4 Å². The highest BCUT2D eigenvalue weighted by molar-refractivity contribution is 7.81. The van der Waals surface area contributed by atoms with E-state index in [4.69, 9.17) is 0 Å². The van der Waals surface area contributed by atoms with E-state index in [9.17, 15) is 8.42 Å². The van der Waals surface area contributed by atoms with Gasteiger partial charge in [0.15, 0.2) is 0 Å². The van der Waals surface area contributed by atoms with E-state index in [0.717, 1.165) is 10.5 Å². The lowest BCUT2D eigenvalue weighted by Gasteiger charge is -1.99. The predicted molar refractivity (Wildman–Crippen MR) is 76.5 cm³/mol. The van der Waals surface area contributed by atoms with Gasteiger partial charge in [-0.15, -0.1) is 11.3 Å². The van der Waals surface area contributed by atoms with Gasteiger partial charge in [-0.05, 0) is 32.9 Å². The molecule has 19 heavy (non-hydrogen) atoms. The van der Waals surface area contributed by atoms with Gasteiger partial charge in [-0.3, -0.25) is 0 Å². The molecule has 0 atom stereocenters. The van der Waals surface area contributed by atoms with Crippen LogP contribution in [0.4, 0.5) is 0 Å². The minimum absolute atomic E-state index is 0.113. The van der Waals surface area contributed by atoms with E-state index in [0.29, 0.717) is 0 Å². The number of hydrogen-bond donors (Lipinski definition) is 0. The number of thiazole rings is 1. The normalized spacial score (nSPS) is 11.1. The Bertz CT molecular complexity index is 562. The van der Waals surface area contributed by atoms with E-state index in [1.54, 1.807) is 25.2 Å². The van der Waals surface area contributed by atoms with E-state index in [1.165, 1.54) is 4.70 Å². The summed E-state index contributed by atoms with van der Waals surface area (Å²) in [5.41, 5.74) is 1.12. The number of aromatic nitrogens is 1. The van der Waals surface area contributed by atoms with Crippen molar-refractivity contribution in [3.05, 3.63) is 29.3 Å². The summed E-state index contributed by atoms with van der Waals surface area (Å²) in [4.78, 5) is 4.33. The van der Waals surface area contributed by atoms with Gasteiger partial charge in [0.25, 0.3) is 0 Å². The number of fused-ring (bicyclic) bond motifs is 1. The first kappa shape index (κ1) is 16.0. The topological polar surface area (TPSA) is 65.5 Å². The standard InChI is InChI=1S/C8H7NS.C4H10O4S/c1-6-9-7-4-2-3-5-8(7)10-6;1-3-7-9(5,6)8-4-2/h2-5H,1H3;3-4H2,1-2H3. The Balaban J connectivity index is 0.000000192. The Morgan fingerprint density at radius 3 is 2.26 bits per heavy atom. The first-order valence-corrected chi connectivity index (χ1v) is 7.99. The molecule has 0 aliphatic carbocycles. The minimum Gasteiger partial charge on any atom is -0.248 e. The Hall–Kier alpha value is -1.02. The van der Waals surface area contributed by atoms with Crippen LogP contribution in [-0.2, 0) is 18.8 Å². The zero-order valence-corrected chi connectivity index (χ0v) is 12.8. The number of para-hydroxylation sites is 1. The fraction of sp³-hybridized carbons (Fsp3) is 0.417. The summed E-state index contributed by atoms with van der Waals surface area (Å²) in [7, 11) is -3.68. The number of benzene rings is 1. The third-order valence-electron chi connectivity index (χ3n) is 1.93. The van der Waals surface area contributed by atoms with Crippen molar-refractivity contribution < 1.29 is 16.8 Å². The summed E-state index contributed by atoms with van der Waals surface area (Å²) in [6, 6.07) is 8.19. The van der Waals surface area contributed by atoms with Crippen molar-refractivity contribution in [3.63, 3.8) is 0 Å². The van der Waals surface area contributed by atoms with Crippen molar-refractivity contribution in [2.75, 3.05) is 13.2 Å². The van der Waals surface area contributed by atoms with Crippen molar-refractivity contribution in [1.29, 1.82) is 0 Å². The summed E-state index contributed by atoms with van der Waals surface area (Å²) in [5, 5.41) is 1.14. The van der Waals surface area contributed by atoms with Crippen LogP contribution >= 0.6 is 11.3 Å². The molecule has 7 heteroatoms. The fourth-order valence-electron chi connectivity index (χ4n) is 1.31. The van der Waals surface area contributed by atoms with Gasteiger partial charge in [0.1, 0.15) is 0 Å². The van der Waals surface area contributed by atoms with E-state index in [-0.39, 0.29) is 13.2 Å². The molecule has 0 fully saturated rings. The molecule has 106 valence electrons. The van der Waals surface area contributed by atoms with Crippen LogP contribution in [-0.4, -0.2) is 26.6 Å². The number of hydrogen-bond acceptors (Lipinski definition) is 6. The van der Waals surface area contributed by atoms with Crippen molar-refractivity contribution in [2.24, 2.45) is 0 Å². The molecule has 1 aromatic heterocycles. The lowest BCUT2D eigenvalue weighted by atomic mass is 10.3. The maximum absolute atomic E-state index is 10.4. The molecule has 0 bridgehead atoms. The van der Waals surface area contributed by atoms with Gasteiger partial charge in [-0.25, -0.2) is 13.4 Å². The number of rotatable bonds is 4. The van der Waals surface area contributed by atoms with E-state index >= 15 is 0 Å². The van der Waals surface area contributed by atoms with Gasteiger partial charge in [0.2, 0.25) is 0 Å². The highest BCUT2D eigenvalue weighted by atomic mass is 32.3. The zero-order valence-electron chi connectivity index (χ0n) is 11.1. The summed E-state index contributed by atoms with van der Waals surface area (Å²) in [6.07, 6.45) is 0. The van der Waals surface area contributed by atoms with Gasteiger partial charge < -0.3 is 0 Å². The molecule has 0 saturated carbocycles. The Kier molecular flexibility index (Phi) is 6.36. The summed E-state index contributed by atoms with van der Waals surface area (Å²) in [6.45, 7) is 5.42. The SMILES string of the molecule is CCOS(=O)(=O)OCC.Cc1nc2ccccc2s1. The molecule has 0 spiro atoms. The lowest BCUT2D eigenvalue weighted by Crippen LogP contribution is -2.09. The van der Waals surface area contributed by atoms with Crippen molar-refractivity contribution >= 4 is 32.0 Å². The monoisotopic (exact) mass is 303 g/mol. The minimum atomic E-state index is -3.68. The second-order valence-electron chi connectivity index (χ2n) is 3.42. The first-order chi connectivity index (χ1) is 8.98. The quantitative estimate of drug-likeness (QED) is 0.869. The van der Waals surface area contributed by atoms with Crippen molar-refractivity contribution in [1.82, 2.24) is 4.98 Å². The molecule has 1 aromatic carbocycles. The van der Waals surface area contributed by atoms with Crippen LogP contribution in [0.2, 0.25) is 0 Å². The van der Waals surface area contributed by atoms with Crippen LogP contribution in [0.3, 0.4) is 0 Å². The Morgan fingerprint density at radius 1 is 1.16 bits per heavy atom. The maximum Gasteiger partial charge on any atom is 0.399 e. The molecule has 0 unspecified atom stereocenters. The molecule has 2 aromatic rings. The molecule has 0 aliphatic rings. The first-order valence-electron chi connectivity index (χ1n) is 5.84. The Labute approximate surface area is 117 Å². The van der Waals surface area contributed by atoms with Crippen LogP contribution in [0.1, 0.15) is 18.9 Å². The van der Waals surface area contributed by atoms with E-state index in [2.05, 4.69) is 19.4 Å². The van der Waals surface area contributed by atoms with Crippen LogP contribution in [0.5, 0.6) is 0 Å². The third kappa shape index (κ3) is 5.65. The molecule has 5 nitrogen and oxygen atoms in total. The smallest absolute Gasteiger partial charge is 0.248 e. The van der Waals surface area contributed by atoms with E-state index < -0.39 is 10.4 Å². The molecule has 2 rings (SSSR count). The summed E-state index contributed by atoms with van der Waals surface area (Å²) < 4.78 is 30.5. The van der Waals surface area contributed by atoms with Crippen LogP contribution in [0, 0.1) is 6.92 Å². The second kappa shape index (κ2) is 7.54. The van der Waals surface area contributed by atoms with Crippen molar-refractivity contribution in [3.8, 4) is 0 Å². The molecule has 1 heterocycles. The van der Waals surface area contributed by atoms with Gasteiger partial charge in [-0.2, -0.15) is 8.42 Å². The second-order valence-corrected chi connectivity index (χ2v) is 5.94. The molecule has 0 amide bonds. The fourth-order valence-corrected chi connectivity index (χ4v) is 2.78. The average molecular weight is 303 g/mol. The van der Waals surface area contributed by atoms with Gasteiger partial charge in [0, 0.05) is 0 Å². The molecule has 0 radical (unpaired) electrons. The third-order valence-corrected chi connectivity index (χ3v) is 3.93. The van der Waals surface area contributed by atoms with Gasteiger partial charge in [-0.1, -0.05) is 12.1 Å². The lowest BCUT2D eigenvalue weighted by molar-refractivity contribution is 0.231. The highest BCUT2D eigenvalue weighted by Gasteiger charge is 2.06. The molecule has 0 N–H and O–H groups in total. The van der Waals surface area contributed by atoms with Crippen LogP contribution in [0.15, 0.2) is 24.3 Å². The van der Waals surface area contributed by atoms with Crippen molar-refractivity contribution in [2.45, 2.75) is 20.8 Å². The molecular weight excluding hydrogens is 286 g/mol. The molecule has 0 saturated heterocycles. The highest BCUT2D eigenvalue weighted by Crippen LogP contribution is 2.19.